The molecule has 0 saturated carbocycles. The summed E-state index contributed by atoms with van der Waals surface area (Å²) in [6, 6.07) is 22.3. The van der Waals surface area contributed by atoms with Gasteiger partial charge in [0.1, 0.15) is 24.6 Å². The number of hydrogen-bond acceptors (Lipinski definition) is 7. The molecular formula is C27H27NO7. The standard InChI is InChI=1S/C27H27NO7/c1-33-25(30)16-34-18-12-10-17(11-13-18)26(31)24(29)14-28-27(32)35-15-23-21-8-4-2-6-19(21)20-7-3-5-9-22(20)23/h2-13,23-24,26,29,31H,14-16H2,1H3,(H,28,32). The predicted octanol–water partition coefficient (Wildman–Crippen LogP) is 3.17. The van der Waals surface area contributed by atoms with Crippen LogP contribution in [0.2, 0.25) is 0 Å². The van der Waals surface area contributed by atoms with Crippen LogP contribution in [0.4, 0.5) is 4.79 Å². The third kappa shape index (κ3) is 5.62. The molecule has 2 atom stereocenters. The highest BCUT2D eigenvalue weighted by Gasteiger charge is 2.29. The van der Waals surface area contributed by atoms with Crippen LogP contribution in [0, 0.1) is 0 Å². The maximum absolute atomic E-state index is 12.3. The molecule has 0 bridgehead atoms. The maximum atomic E-state index is 12.3. The summed E-state index contributed by atoms with van der Waals surface area (Å²) in [7, 11) is 1.27. The molecule has 3 N–H and O–H groups in total. The van der Waals surface area contributed by atoms with Gasteiger partial charge in [-0.1, -0.05) is 60.7 Å². The summed E-state index contributed by atoms with van der Waals surface area (Å²) < 4.78 is 15.2. The second-order valence-corrected chi connectivity index (χ2v) is 8.15. The van der Waals surface area contributed by atoms with Gasteiger partial charge >= 0.3 is 12.1 Å². The normalized spacial score (nSPS) is 13.8. The van der Waals surface area contributed by atoms with E-state index in [2.05, 4.69) is 22.2 Å². The van der Waals surface area contributed by atoms with Crippen LogP contribution in [0.25, 0.3) is 11.1 Å². The molecule has 0 aromatic heterocycles. The zero-order chi connectivity index (χ0) is 24.8. The Bertz CT molecular complexity index is 1130. The Morgan fingerprint density at radius 1 is 0.914 bits per heavy atom. The Kier molecular flexibility index (Phi) is 7.64. The van der Waals surface area contributed by atoms with E-state index in [0.717, 1.165) is 22.3 Å². The molecule has 1 aliphatic carbocycles. The van der Waals surface area contributed by atoms with Crippen molar-refractivity contribution in [3.8, 4) is 16.9 Å². The Morgan fingerprint density at radius 3 is 2.11 bits per heavy atom. The smallest absolute Gasteiger partial charge is 0.407 e. The van der Waals surface area contributed by atoms with Gasteiger partial charge in [0.05, 0.1) is 7.11 Å². The Labute approximate surface area is 203 Å². The second-order valence-electron chi connectivity index (χ2n) is 8.15. The highest BCUT2D eigenvalue weighted by molar-refractivity contribution is 5.79. The lowest BCUT2D eigenvalue weighted by atomic mass is 9.98. The number of methoxy groups -OCH3 is 1. The fourth-order valence-corrected chi connectivity index (χ4v) is 4.13. The van der Waals surface area contributed by atoms with Crippen LogP contribution in [0.3, 0.4) is 0 Å². The molecular weight excluding hydrogens is 450 g/mol. The lowest BCUT2D eigenvalue weighted by Gasteiger charge is -2.19. The van der Waals surface area contributed by atoms with Crippen LogP contribution in [0.15, 0.2) is 72.8 Å². The molecule has 8 nitrogen and oxygen atoms in total. The highest BCUT2D eigenvalue weighted by Crippen LogP contribution is 2.44. The minimum absolute atomic E-state index is 0.0661. The van der Waals surface area contributed by atoms with Crippen LogP contribution >= 0.6 is 0 Å². The molecule has 1 aliphatic rings. The number of ether oxygens (including phenoxy) is 3. The SMILES string of the molecule is COC(=O)COc1ccc(C(O)C(O)CNC(=O)OCC2c3ccccc3-c3ccccc32)cc1. The van der Waals surface area contributed by atoms with E-state index in [1.54, 1.807) is 24.3 Å². The number of esters is 1. The number of hydrogen-bond donors (Lipinski definition) is 3. The molecule has 0 spiro atoms. The minimum Gasteiger partial charge on any atom is -0.482 e. The topological polar surface area (TPSA) is 114 Å². The number of carbonyl (C=O) groups excluding carboxylic acids is 2. The van der Waals surface area contributed by atoms with Crippen LogP contribution in [-0.2, 0) is 14.3 Å². The van der Waals surface area contributed by atoms with Gasteiger partial charge in [-0.05, 0) is 39.9 Å². The van der Waals surface area contributed by atoms with E-state index >= 15 is 0 Å². The van der Waals surface area contributed by atoms with Crippen molar-refractivity contribution in [3.63, 3.8) is 0 Å². The van der Waals surface area contributed by atoms with Gasteiger partial charge in [-0.15, -0.1) is 0 Å². The molecule has 1 amide bonds. The number of aliphatic hydroxyl groups excluding tert-OH is 2. The van der Waals surface area contributed by atoms with Crippen molar-refractivity contribution < 1.29 is 34.0 Å². The third-order valence-electron chi connectivity index (χ3n) is 5.97. The van der Waals surface area contributed by atoms with E-state index in [-0.39, 0.29) is 25.7 Å². The van der Waals surface area contributed by atoms with Crippen LogP contribution in [0.1, 0.15) is 28.7 Å². The zero-order valence-corrected chi connectivity index (χ0v) is 19.2. The molecule has 3 aromatic carbocycles. The molecule has 2 unspecified atom stereocenters. The van der Waals surface area contributed by atoms with Crippen molar-refractivity contribution in [2.75, 3.05) is 26.9 Å². The highest BCUT2D eigenvalue weighted by atomic mass is 16.6. The summed E-state index contributed by atoms with van der Waals surface area (Å²) >= 11 is 0. The van der Waals surface area contributed by atoms with E-state index < -0.39 is 24.3 Å². The molecule has 4 rings (SSSR count). The largest absolute Gasteiger partial charge is 0.482 e. The van der Waals surface area contributed by atoms with Gasteiger partial charge in [0, 0.05) is 12.5 Å². The molecule has 0 fully saturated rings. The lowest BCUT2D eigenvalue weighted by Crippen LogP contribution is -2.36. The first-order valence-electron chi connectivity index (χ1n) is 11.2. The summed E-state index contributed by atoms with van der Waals surface area (Å²) in [5.41, 5.74) is 4.92. The first-order valence-corrected chi connectivity index (χ1v) is 11.2. The number of benzene rings is 3. The first kappa shape index (κ1) is 24.3. The van der Waals surface area contributed by atoms with E-state index in [1.807, 2.05) is 36.4 Å². The van der Waals surface area contributed by atoms with E-state index in [1.165, 1.54) is 7.11 Å². The van der Waals surface area contributed by atoms with Crippen molar-refractivity contribution in [1.82, 2.24) is 5.32 Å². The van der Waals surface area contributed by atoms with Gasteiger partial charge in [0.2, 0.25) is 0 Å². The van der Waals surface area contributed by atoms with Crippen molar-refractivity contribution in [3.05, 3.63) is 89.5 Å². The van der Waals surface area contributed by atoms with E-state index in [4.69, 9.17) is 9.47 Å². The number of alkyl carbamates (subject to hydrolysis) is 1. The molecule has 0 aliphatic heterocycles. The van der Waals surface area contributed by atoms with Crippen LogP contribution < -0.4 is 10.1 Å². The second kappa shape index (κ2) is 11.0. The molecule has 0 saturated heterocycles. The fraction of sp³-hybridized carbons (Fsp3) is 0.259. The Hall–Kier alpha value is -3.88. The first-order chi connectivity index (χ1) is 17.0. The average molecular weight is 478 g/mol. The van der Waals surface area contributed by atoms with Crippen molar-refractivity contribution in [1.29, 1.82) is 0 Å². The number of amides is 1. The molecule has 0 radical (unpaired) electrons. The van der Waals surface area contributed by atoms with Gasteiger partial charge in [-0.2, -0.15) is 0 Å². The summed E-state index contributed by atoms with van der Waals surface area (Å²) in [5.74, 6) is -0.162. The lowest BCUT2D eigenvalue weighted by molar-refractivity contribution is -0.142. The quantitative estimate of drug-likeness (QED) is 0.406. The van der Waals surface area contributed by atoms with Crippen molar-refractivity contribution in [2.45, 2.75) is 18.1 Å². The number of aliphatic hydroxyl groups is 2. The average Bonchev–Trinajstić information content (AvgIpc) is 3.22. The summed E-state index contributed by atoms with van der Waals surface area (Å²) in [4.78, 5) is 23.4. The fourth-order valence-electron chi connectivity index (χ4n) is 4.13. The number of rotatable bonds is 9. The molecule has 182 valence electrons. The molecule has 8 heteroatoms. The van der Waals surface area contributed by atoms with Gasteiger partial charge in [0.25, 0.3) is 0 Å². The van der Waals surface area contributed by atoms with Crippen molar-refractivity contribution in [2.24, 2.45) is 0 Å². The monoisotopic (exact) mass is 477 g/mol. The van der Waals surface area contributed by atoms with E-state index in [0.29, 0.717) is 11.3 Å². The van der Waals surface area contributed by atoms with Gasteiger partial charge in [-0.25, -0.2) is 9.59 Å². The third-order valence-corrected chi connectivity index (χ3v) is 5.97. The molecule has 3 aromatic rings. The summed E-state index contributed by atoms with van der Waals surface area (Å²) in [6.45, 7) is -0.269. The Morgan fingerprint density at radius 2 is 1.51 bits per heavy atom. The van der Waals surface area contributed by atoms with E-state index in [9.17, 15) is 19.8 Å². The van der Waals surface area contributed by atoms with Crippen LogP contribution in [-0.4, -0.2) is 55.2 Å². The summed E-state index contributed by atoms with van der Waals surface area (Å²) in [5, 5.41) is 23.2. The minimum atomic E-state index is -1.25. The number of fused-ring (bicyclic) bond motifs is 3. The molecule has 35 heavy (non-hydrogen) atoms. The number of carbonyl (C=O) groups is 2. The molecule has 0 heterocycles. The predicted molar refractivity (Wildman–Crippen MR) is 128 cm³/mol. The van der Waals surface area contributed by atoms with Gasteiger partial charge in [-0.3, -0.25) is 0 Å². The summed E-state index contributed by atoms with van der Waals surface area (Å²) in [6.07, 6.45) is -3.17. The Balaban J connectivity index is 1.27. The van der Waals surface area contributed by atoms with Crippen LogP contribution in [0.5, 0.6) is 5.75 Å². The van der Waals surface area contributed by atoms with Gasteiger partial charge in [0.15, 0.2) is 6.61 Å². The number of nitrogens with one attached hydrogen (secondary N) is 1. The zero-order valence-electron chi connectivity index (χ0n) is 19.2. The van der Waals surface area contributed by atoms with Crippen molar-refractivity contribution >= 4 is 12.1 Å². The maximum Gasteiger partial charge on any atom is 0.407 e. The van der Waals surface area contributed by atoms with Gasteiger partial charge < -0.3 is 29.7 Å².